The van der Waals surface area contributed by atoms with E-state index in [4.69, 9.17) is 9.47 Å². The Morgan fingerprint density at radius 3 is 2.71 bits per heavy atom. The minimum Gasteiger partial charge on any atom is -0.493 e. The number of nitrogens with zero attached hydrogens (tertiary/aromatic N) is 8. The lowest BCUT2D eigenvalue weighted by Crippen LogP contribution is -2.31. The van der Waals surface area contributed by atoms with Crippen LogP contribution in [0, 0.1) is 0 Å². The van der Waals surface area contributed by atoms with Crippen LogP contribution in [0.4, 0.5) is 5.13 Å². The second kappa shape index (κ2) is 15.9. The number of carbonyl (C=O) groups excluding carboxylic acids is 1. The number of benzene rings is 3. The molecule has 7 aromatic rings. The van der Waals surface area contributed by atoms with Gasteiger partial charge in [0.05, 0.1) is 34.1 Å². The van der Waals surface area contributed by atoms with Crippen molar-refractivity contribution in [1.29, 1.82) is 0 Å². The number of thiazole rings is 2. The number of hydrogen-bond donors (Lipinski definition) is 1. The molecule has 5 heterocycles. The third-order valence-electron chi connectivity index (χ3n) is 9.56. The molecule has 0 bridgehead atoms. The molecule has 0 saturated carbocycles. The lowest BCUT2D eigenvalue weighted by atomic mass is 9.95. The Labute approximate surface area is 331 Å². The quantitative estimate of drug-likeness (QED) is 0.0935. The topological polar surface area (TPSA) is 150 Å². The number of hydrogen-bond acceptors (Lipinski definition) is 11. The maximum absolute atomic E-state index is 14.0. The largest absolute Gasteiger partial charge is 0.493 e. The van der Waals surface area contributed by atoms with E-state index in [1.165, 1.54) is 29.0 Å². The lowest BCUT2D eigenvalue weighted by molar-refractivity contribution is 0.0689. The lowest BCUT2D eigenvalue weighted by Gasteiger charge is -2.29. The monoisotopic (exact) mass is 804 g/mol. The van der Waals surface area contributed by atoms with Crippen LogP contribution in [0.1, 0.15) is 36.9 Å². The number of aromatic nitrogens is 6. The second-order valence-corrected chi connectivity index (χ2v) is 22.4. The molecular weight excluding hydrogens is 765 g/mol. The highest BCUT2D eigenvalue weighted by atomic mass is 32.1. The third kappa shape index (κ3) is 8.04. The molecule has 1 aliphatic rings. The van der Waals surface area contributed by atoms with E-state index in [0.717, 1.165) is 38.5 Å². The van der Waals surface area contributed by atoms with Gasteiger partial charge in [-0.15, -0.1) is 11.3 Å². The van der Waals surface area contributed by atoms with E-state index in [0.29, 0.717) is 71.0 Å². The molecule has 1 N–H and O–H groups in total. The van der Waals surface area contributed by atoms with Crippen LogP contribution in [-0.2, 0) is 30.9 Å². The first kappa shape index (κ1) is 37.4. The highest BCUT2D eigenvalue weighted by molar-refractivity contribution is 7.16. The van der Waals surface area contributed by atoms with Crippen LogP contribution in [-0.4, -0.2) is 74.1 Å². The summed E-state index contributed by atoms with van der Waals surface area (Å²) in [6, 6.07) is 22.3. The van der Waals surface area contributed by atoms with Crippen molar-refractivity contribution in [3.05, 3.63) is 118 Å². The van der Waals surface area contributed by atoms with Crippen molar-refractivity contribution < 1.29 is 24.2 Å². The van der Waals surface area contributed by atoms with Gasteiger partial charge in [0.15, 0.2) is 21.3 Å². The Balaban J connectivity index is 0.991. The smallest absolute Gasteiger partial charge is 0.355 e. The molecule has 0 fully saturated rings. The molecule has 16 heteroatoms. The molecule has 3 aromatic carbocycles. The van der Waals surface area contributed by atoms with E-state index in [2.05, 4.69) is 44.7 Å². The van der Waals surface area contributed by atoms with Gasteiger partial charge >= 0.3 is 5.97 Å². The van der Waals surface area contributed by atoms with E-state index >= 15 is 0 Å². The van der Waals surface area contributed by atoms with Crippen molar-refractivity contribution in [1.82, 2.24) is 29.3 Å². The predicted molar refractivity (Wildman–Crippen MR) is 220 cm³/mol. The van der Waals surface area contributed by atoms with Gasteiger partial charge in [0, 0.05) is 56.9 Å². The summed E-state index contributed by atoms with van der Waals surface area (Å²) >= 11 is 2.81. The van der Waals surface area contributed by atoms with Crippen molar-refractivity contribution in [3.63, 3.8) is 0 Å². The molecule has 1 amide bonds. The second-order valence-electron chi connectivity index (χ2n) is 14.7. The van der Waals surface area contributed by atoms with Crippen LogP contribution in [0.2, 0.25) is 25.7 Å². The first-order chi connectivity index (χ1) is 27.1. The van der Waals surface area contributed by atoms with Gasteiger partial charge in [0.2, 0.25) is 0 Å². The summed E-state index contributed by atoms with van der Waals surface area (Å²) in [4.78, 5) is 47.3. The van der Waals surface area contributed by atoms with Crippen LogP contribution in [0.25, 0.3) is 26.9 Å². The van der Waals surface area contributed by atoms with Crippen LogP contribution >= 0.6 is 22.7 Å². The molecule has 0 spiro atoms. The number of carbonyl (C=O) groups is 2. The zero-order valence-corrected chi connectivity index (χ0v) is 33.8. The van der Waals surface area contributed by atoms with Crippen LogP contribution < -0.4 is 14.4 Å². The Kier molecular flexibility index (Phi) is 10.6. The van der Waals surface area contributed by atoms with Gasteiger partial charge in [-0.05, 0) is 53.9 Å². The summed E-state index contributed by atoms with van der Waals surface area (Å²) in [6.07, 6.45) is 5.93. The summed E-state index contributed by atoms with van der Waals surface area (Å²) in [5, 5.41) is 16.0. The number of para-hydroxylation sites is 1. The van der Waals surface area contributed by atoms with Crippen molar-refractivity contribution in [2.24, 2.45) is 4.99 Å². The molecule has 8 rings (SSSR count). The van der Waals surface area contributed by atoms with Gasteiger partial charge < -0.3 is 19.5 Å². The number of fused-ring (bicyclic) bond motifs is 3. The molecular formula is C40H40N8O5S2Si. The predicted octanol–water partition coefficient (Wildman–Crippen LogP) is 7.22. The van der Waals surface area contributed by atoms with Gasteiger partial charge in [-0.3, -0.25) is 9.36 Å². The van der Waals surface area contributed by atoms with E-state index in [9.17, 15) is 14.7 Å². The highest BCUT2D eigenvalue weighted by Crippen LogP contribution is 2.33. The first-order valence-electron chi connectivity index (χ1n) is 18.3. The summed E-state index contributed by atoms with van der Waals surface area (Å²) in [5.74, 6) is -0.801. The molecule has 0 radical (unpaired) electrons. The average molecular weight is 805 g/mol. The van der Waals surface area contributed by atoms with Crippen LogP contribution in [0.5, 0.6) is 5.75 Å². The maximum Gasteiger partial charge on any atom is 0.355 e. The molecule has 1 aliphatic heterocycles. The SMILES string of the molecule is C[Si](C)(C)CCOCn1/c(=N\C(=O)c2cccc3c2CN(c2nc(C(=O)O)c(CCOc4cccc(-n5ncc6cncnc65)c4)s2)CC3)sc2ccccc21. The number of amides is 1. The van der Waals surface area contributed by atoms with Crippen LogP contribution in [0.3, 0.4) is 0 Å². The molecule has 56 heavy (non-hydrogen) atoms. The first-order valence-corrected chi connectivity index (χ1v) is 23.7. The fourth-order valence-corrected chi connectivity index (χ4v) is 9.43. The minimum atomic E-state index is -1.26. The average Bonchev–Trinajstić information content (AvgIpc) is 3.91. The van der Waals surface area contributed by atoms with Gasteiger partial charge in [0.25, 0.3) is 5.91 Å². The Hall–Kier alpha value is -5.55. The molecule has 0 aliphatic carbocycles. The minimum absolute atomic E-state index is 0.0107. The Bertz CT molecular complexity index is 2640. The normalized spacial score (nSPS) is 13.4. The number of ether oxygens (including phenoxy) is 2. The van der Waals surface area contributed by atoms with Gasteiger partial charge in [-0.25, -0.2) is 24.4 Å². The van der Waals surface area contributed by atoms with Gasteiger partial charge in [-0.1, -0.05) is 61.3 Å². The fourth-order valence-electron chi connectivity index (χ4n) is 6.60. The standard InChI is InChI=1S/C40H40N8O5S2Si/c1-56(2,3)19-18-52-25-47-32-12-4-5-13-33(32)54-40(47)45-37(49)30-11-6-8-26-14-16-46(23-31(26)30)39-44-35(38(50)51)34(55-39)15-17-53-29-10-7-9-28(20-29)48-36-27(22-43-48)21-41-24-42-36/h4-13,20-22,24H,14-19,23,25H2,1-3H3,(H,50,51)/b45-40+. The van der Waals surface area contributed by atoms with E-state index in [1.54, 1.807) is 17.1 Å². The Morgan fingerprint density at radius 2 is 1.86 bits per heavy atom. The Morgan fingerprint density at radius 1 is 1.00 bits per heavy atom. The number of rotatable bonds is 13. The van der Waals surface area contributed by atoms with Crippen molar-refractivity contribution in [2.75, 3.05) is 24.7 Å². The molecule has 4 aromatic heterocycles. The summed E-state index contributed by atoms with van der Waals surface area (Å²) in [6.45, 7) is 9.23. The number of anilines is 1. The van der Waals surface area contributed by atoms with Crippen molar-refractivity contribution in [3.8, 4) is 11.4 Å². The van der Waals surface area contributed by atoms with E-state index in [-0.39, 0.29) is 18.2 Å². The molecule has 286 valence electrons. The van der Waals surface area contributed by atoms with E-state index < -0.39 is 14.0 Å². The number of carboxylic acid groups (broad SMARTS) is 1. The molecule has 0 atom stereocenters. The summed E-state index contributed by atoms with van der Waals surface area (Å²) in [5.41, 5.74) is 4.92. The fraction of sp³-hybridized carbons (Fsp3) is 0.275. The number of aromatic carboxylic acids is 1. The number of carboxylic acids is 1. The zero-order valence-electron chi connectivity index (χ0n) is 31.2. The molecule has 0 unspecified atom stereocenters. The van der Waals surface area contributed by atoms with Gasteiger partial charge in [-0.2, -0.15) is 10.1 Å². The van der Waals surface area contributed by atoms with Crippen molar-refractivity contribution >= 4 is 69.0 Å². The van der Waals surface area contributed by atoms with E-state index in [1.807, 2.05) is 76.2 Å². The highest BCUT2D eigenvalue weighted by Gasteiger charge is 2.27. The zero-order chi connectivity index (χ0) is 38.8. The molecule has 13 nitrogen and oxygen atoms in total. The van der Waals surface area contributed by atoms with Gasteiger partial charge in [0.1, 0.15) is 18.8 Å². The maximum atomic E-state index is 14.0. The third-order valence-corrected chi connectivity index (χ3v) is 13.5. The summed E-state index contributed by atoms with van der Waals surface area (Å²) in [7, 11) is -1.26. The molecule has 0 saturated heterocycles. The summed E-state index contributed by atoms with van der Waals surface area (Å²) < 4.78 is 16.9. The van der Waals surface area contributed by atoms with Crippen LogP contribution in [0.15, 0.2) is 90.4 Å². The van der Waals surface area contributed by atoms with Crippen molar-refractivity contribution in [2.45, 2.75) is 51.8 Å².